The first-order valence-electron chi connectivity index (χ1n) is 10.7. The van der Waals surface area contributed by atoms with Gasteiger partial charge in [-0.05, 0) is 56.2 Å². The Kier molecular flexibility index (Phi) is 6.66. The van der Waals surface area contributed by atoms with E-state index in [0.717, 1.165) is 4.31 Å². The van der Waals surface area contributed by atoms with Gasteiger partial charge in [0.05, 0.1) is 5.92 Å². The van der Waals surface area contributed by atoms with Gasteiger partial charge in [-0.2, -0.15) is 4.31 Å². The summed E-state index contributed by atoms with van der Waals surface area (Å²) in [4.78, 5) is 40.2. The van der Waals surface area contributed by atoms with Gasteiger partial charge in [0.25, 0.3) is 5.56 Å². The fraction of sp³-hybridized carbons (Fsp3) is 0.261. The fourth-order valence-electron chi connectivity index (χ4n) is 3.88. The molecule has 0 radical (unpaired) electrons. The predicted molar refractivity (Wildman–Crippen MR) is 125 cm³/mol. The van der Waals surface area contributed by atoms with E-state index >= 15 is 0 Å². The van der Waals surface area contributed by atoms with E-state index in [1.807, 2.05) is 35.3 Å². The SMILES string of the molecule is Cc1[nH]c(=O)[nH]c(=O)c1S(=O)(=O)N1CCCC(C(=O)Nc2ccc(Oc3ccccc3)cc2)C1. The number of aromatic nitrogens is 2. The topological polar surface area (TPSA) is 141 Å². The van der Waals surface area contributed by atoms with Crippen LogP contribution >= 0.6 is 0 Å². The maximum absolute atomic E-state index is 13.1. The number of ether oxygens (including phenoxy) is 1. The zero-order valence-electron chi connectivity index (χ0n) is 18.4. The molecule has 3 N–H and O–H groups in total. The molecule has 0 saturated carbocycles. The highest BCUT2D eigenvalue weighted by Crippen LogP contribution is 2.26. The van der Waals surface area contributed by atoms with Crippen LogP contribution in [0.3, 0.4) is 0 Å². The van der Waals surface area contributed by atoms with E-state index in [9.17, 15) is 22.8 Å². The Hall–Kier alpha value is -3.70. The Labute approximate surface area is 195 Å². The highest BCUT2D eigenvalue weighted by atomic mass is 32.2. The molecule has 1 amide bonds. The first kappa shape index (κ1) is 23.5. The van der Waals surface area contributed by atoms with Gasteiger partial charge in [0.2, 0.25) is 15.9 Å². The number of hydrogen-bond acceptors (Lipinski definition) is 6. The van der Waals surface area contributed by atoms with Crippen LogP contribution in [0.1, 0.15) is 18.5 Å². The summed E-state index contributed by atoms with van der Waals surface area (Å²) in [7, 11) is -4.19. The Morgan fingerprint density at radius 3 is 2.38 bits per heavy atom. The third-order valence-electron chi connectivity index (χ3n) is 5.53. The number of aryl methyl sites for hydroxylation is 1. The summed E-state index contributed by atoms with van der Waals surface area (Å²) in [5.74, 6) is 0.398. The van der Waals surface area contributed by atoms with Crippen molar-refractivity contribution in [2.75, 3.05) is 18.4 Å². The molecule has 0 spiro atoms. The van der Waals surface area contributed by atoms with Crippen LogP contribution in [0.4, 0.5) is 5.69 Å². The van der Waals surface area contributed by atoms with Gasteiger partial charge in [-0.25, -0.2) is 13.2 Å². The number of benzene rings is 2. The molecule has 1 aromatic heterocycles. The molecular weight excluding hydrogens is 460 g/mol. The lowest BCUT2D eigenvalue weighted by atomic mass is 9.99. The van der Waals surface area contributed by atoms with Crippen molar-refractivity contribution in [2.24, 2.45) is 5.92 Å². The lowest BCUT2D eigenvalue weighted by Crippen LogP contribution is -2.45. The Bertz CT molecular complexity index is 1400. The molecule has 2 heterocycles. The van der Waals surface area contributed by atoms with Crippen molar-refractivity contribution in [2.45, 2.75) is 24.7 Å². The number of H-pyrrole nitrogens is 2. The number of amides is 1. The minimum Gasteiger partial charge on any atom is -0.457 e. The number of carbonyl (C=O) groups is 1. The van der Waals surface area contributed by atoms with Gasteiger partial charge in [0, 0.05) is 24.5 Å². The average molecular weight is 485 g/mol. The van der Waals surface area contributed by atoms with E-state index in [4.69, 9.17) is 4.74 Å². The Balaban J connectivity index is 1.44. The van der Waals surface area contributed by atoms with Gasteiger partial charge in [0.1, 0.15) is 11.5 Å². The number of anilines is 1. The summed E-state index contributed by atoms with van der Waals surface area (Å²) in [6, 6.07) is 16.2. The molecule has 4 rings (SSSR count). The van der Waals surface area contributed by atoms with Gasteiger partial charge >= 0.3 is 5.69 Å². The van der Waals surface area contributed by atoms with Crippen LogP contribution in [-0.2, 0) is 14.8 Å². The lowest BCUT2D eigenvalue weighted by molar-refractivity contribution is -0.120. The summed E-state index contributed by atoms with van der Waals surface area (Å²) in [5.41, 5.74) is -1.25. The van der Waals surface area contributed by atoms with E-state index in [1.54, 1.807) is 24.3 Å². The van der Waals surface area contributed by atoms with E-state index in [-0.39, 0.29) is 24.7 Å². The van der Waals surface area contributed by atoms with Crippen LogP contribution < -0.4 is 21.3 Å². The maximum Gasteiger partial charge on any atom is 0.325 e. The summed E-state index contributed by atoms with van der Waals surface area (Å²) < 4.78 is 33.0. The highest BCUT2D eigenvalue weighted by Gasteiger charge is 2.36. The molecule has 3 aromatic rings. The van der Waals surface area contributed by atoms with Gasteiger partial charge < -0.3 is 15.0 Å². The maximum atomic E-state index is 13.1. The summed E-state index contributed by atoms with van der Waals surface area (Å²) in [6.45, 7) is 1.46. The van der Waals surface area contributed by atoms with Crippen LogP contribution in [-0.4, -0.2) is 41.7 Å². The molecule has 1 fully saturated rings. The number of nitrogens with one attached hydrogen (secondary N) is 3. The number of aromatic amines is 2. The number of piperidine rings is 1. The first-order valence-corrected chi connectivity index (χ1v) is 12.2. The molecule has 11 heteroatoms. The summed E-state index contributed by atoms with van der Waals surface area (Å²) >= 11 is 0. The molecule has 0 aliphatic carbocycles. The molecule has 2 aromatic carbocycles. The Morgan fingerprint density at radius 2 is 1.71 bits per heavy atom. The van der Waals surface area contributed by atoms with E-state index in [2.05, 4.69) is 10.3 Å². The Morgan fingerprint density at radius 1 is 1.03 bits per heavy atom. The second-order valence-corrected chi connectivity index (χ2v) is 9.87. The molecule has 1 aliphatic rings. The molecule has 1 aliphatic heterocycles. The second-order valence-electron chi connectivity index (χ2n) is 7.99. The van der Waals surface area contributed by atoms with E-state index < -0.39 is 32.1 Å². The quantitative estimate of drug-likeness (QED) is 0.490. The first-order chi connectivity index (χ1) is 16.2. The van der Waals surface area contributed by atoms with Crippen molar-refractivity contribution in [3.63, 3.8) is 0 Å². The molecule has 0 bridgehead atoms. The third-order valence-corrected chi connectivity index (χ3v) is 7.55. The molecule has 34 heavy (non-hydrogen) atoms. The number of para-hydroxylation sites is 1. The number of sulfonamides is 1. The van der Waals surface area contributed by atoms with Crippen LogP contribution in [0.5, 0.6) is 11.5 Å². The van der Waals surface area contributed by atoms with Crippen molar-refractivity contribution < 1.29 is 17.9 Å². The van der Waals surface area contributed by atoms with Crippen LogP contribution in [0, 0.1) is 12.8 Å². The molecule has 1 atom stereocenters. The zero-order chi connectivity index (χ0) is 24.3. The number of rotatable bonds is 6. The zero-order valence-corrected chi connectivity index (χ0v) is 19.2. The monoisotopic (exact) mass is 484 g/mol. The van der Waals surface area contributed by atoms with Gasteiger partial charge in [-0.15, -0.1) is 0 Å². The minimum absolute atomic E-state index is 0.0434. The number of carbonyl (C=O) groups excluding carboxylic acids is 1. The predicted octanol–water partition coefficient (Wildman–Crippen LogP) is 2.20. The van der Waals surface area contributed by atoms with Crippen molar-refractivity contribution in [3.05, 3.63) is 81.1 Å². The van der Waals surface area contributed by atoms with Crippen molar-refractivity contribution >= 4 is 21.6 Å². The van der Waals surface area contributed by atoms with Gasteiger partial charge in [-0.3, -0.25) is 14.6 Å². The molecule has 10 nitrogen and oxygen atoms in total. The molecule has 1 unspecified atom stereocenters. The van der Waals surface area contributed by atoms with E-state index in [1.165, 1.54) is 6.92 Å². The largest absolute Gasteiger partial charge is 0.457 e. The third kappa shape index (κ3) is 5.10. The van der Waals surface area contributed by atoms with Crippen LogP contribution in [0.25, 0.3) is 0 Å². The van der Waals surface area contributed by atoms with Crippen molar-refractivity contribution in [3.8, 4) is 11.5 Å². The van der Waals surface area contributed by atoms with Crippen molar-refractivity contribution in [1.29, 1.82) is 0 Å². The molecule has 178 valence electrons. The van der Waals surface area contributed by atoms with Crippen LogP contribution in [0.15, 0.2) is 69.1 Å². The number of nitrogens with zero attached hydrogens (tertiary/aromatic N) is 1. The summed E-state index contributed by atoms with van der Waals surface area (Å²) in [5, 5.41) is 2.81. The van der Waals surface area contributed by atoms with Crippen LogP contribution in [0.2, 0.25) is 0 Å². The molecular formula is C23H24N4O6S. The van der Waals surface area contributed by atoms with Crippen molar-refractivity contribution in [1.82, 2.24) is 14.3 Å². The smallest absolute Gasteiger partial charge is 0.325 e. The normalized spacial score (nSPS) is 16.7. The minimum atomic E-state index is -4.19. The summed E-state index contributed by atoms with van der Waals surface area (Å²) in [6.07, 6.45) is 0.968. The van der Waals surface area contributed by atoms with Gasteiger partial charge in [0.15, 0.2) is 4.90 Å². The second kappa shape index (κ2) is 9.65. The average Bonchev–Trinajstić information content (AvgIpc) is 2.80. The number of hydrogen-bond donors (Lipinski definition) is 3. The standard InChI is InChI=1S/C23H24N4O6S/c1-15-20(22(29)26-23(30)24-15)34(31,32)27-13-5-6-16(14-27)21(28)25-17-9-11-19(12-10-17)33-18-7-3-2-4-8-18/h2-4,7-12,16H,5-6,13-14H2,1H3,(H,25,28)(H2,24,26,29,30). The highest BCUT2D eigenvalue weighted by molar-refractivity contribution is 7.89. The van der Waals surface area contributed by atoms with Gasteiger partial charge in [-0.1, -0.05) is 18.2 Å². The molecule has 1 saturated heterocycles. The lowest BCUT2D eigenvalue weighted by Gasteiger charge is -2.31. The van der Waals surface area contributed by atoms with E-state index in [0.29, 0.717) is 30.0 Å². The fourth-order valence-corrected chi connectivity index (χ4v) is 5.61.